The monoisotopic (exact) mass is 550 g/mol. The largest absolute Gasteiger partial charge is 0.356 e. The molecule has 0 bridgehead atoms. The third-order valence-electron chi connectivity index (χ3n) is 5.05. The van der Waals surface area contributed by atoms with Crippen molar-refractivity contribution in [3.05, 3.63) is 35.4 Å². The van der Waals surface area contributed by atoms with E-state index in [-0.39, 0.29) is 53.9 Å². The molecule has 0 radical (unpaired) electrons. The maximum absolute atomic E-state index is 12.0. The molecule has 7 nitrogen and oxygen atoms in total. The molecule has 2 rings (SSSR count). The van der Waals surface area contributed by atoms with Crippen molar-refractivity contribution in [2.75, 3.05) is 31.6 Å². The highest BCUT2D eigenvalue weighted by Gasteiger charge is 2.28. The second-order valence-corrected chi connectivity index (χ2v) is 10.1. The average molecular weight is 551 g/mol. The average Bonchev–Trinajstić information content (AvgIpc) is 3.02. The Morgan fingerprint density at radius 1 is 1.17 bits per heavy atom. The van der Waals surface area contributed by atoms with E-state index in [0.29, 0.717) is 24.8 Å². The van der Waals surface area contributed by atoms with Crippen molar-refractivity contribution >= 4 is 45.7 Å². The second-order valence-electron chi connectivity index (χ2n) is 7.84. The molecule has 0 saturated carbocycles. The molecule has 1 atom stereocenters. The molecule has 9 heteroatoms. The summed E-state index contributed by atoms with van der Waals surface area (Å²) in [5.41, 5.74) is 2.68. The third-order valence-corrected chi connectivity index (χ3v) is 6.81. The SMILES string of the molecule is CN=C(NCCCc1ccc(C(C)C)cc1)NCCC(=O)NC1CCS(=O)(=O)C1.I. The molecule has 1 heterocycles. The minimum atomic E-state index is -2.98. The molecule has 0 aliphatic carbocycles. The zero-order chi connectivity index (χ0) is 21.3. The highest BCUT2D eigenvalue weighted by atomic mass is 127. The van der Waals surface area contributed by atoms with E-state index in [1.807, 2.05) is 0 Å². The first-order chi connectivity index (χ1) is 13.8. The fourth-order valence-electron chi connectivity index (χ4n) is 3.29. The molecule has 1 aliphatic rings. The second kappa shape index (κ2) is 13.1. The van der Waals surface area contributed by atoms with E-state index in [9.17, 15) is 13.2 Å². The quantitative estimate of drug-likeness (QED) is 0.190. The lowest BCUT2D eigenvalue weighted by Gasteiger charge is -2.13. The lowest BCUT2D eigenvalue weighted by Crippen LogP contribution is -2.41. The van der Waals surface area contributed by atoms with Crippen LogP contribution in [-0.4, -0.2) is 58.0 Å². The Hall–Kier alpha value is -1.36. The number of carbonyl (C=O) groups excluding carboxylic acids is 1. The Morgan fingerprint density at radius 3 is 2.40 bits per heavy atom. The molecule has 0 spiro atoms. The van der Waals surface area contributed by atoms with Crippen LogP contribution in [0.3, 0.4) is 0 Å². The predicted molar refractivity (Wildman–Crippen MR) is 133 cm³/mol. The number of nitrogens with one attached hydrogen (secondary N) is 3. The van der Waals surface area contributed by atoms with Crippen LogP contribution in [0.4, 0.5) is 0 Å². The maximum Gasteiger partial charge on any atom is 0.222 e. The number of guanidine groups is 1. The smallest absolute Gasteiger partial charge is 0.222 e. The molecule has 1 aliphatic heterocycles. The number of amides is 1. The molecule has 3 N–H and O–H groups in total. The van der Waals surface area contributed by atoms with Gasteiger partial charge >= 0.3 is 0 Å². The van der Waals surface area contributed by atoms with Gasteiger partial charge in [-0.1, -0.05) is 38.1 Å². The van der Waals surface area contributed by atoms with Crippen molar-refractivity contribution in [2.45, 2.75) is 51.5 Å². The Morgan fingerprint density at radius 2 is 1.83 bits per heavy atom. The predicted octanol–water partition coefficient (Wildman–Crippen LogP) is 2.22. The minimum absolute atomic E-state index is 0. The van der Waals surface area contributed by atoms with E-state index in [4.69, 9.17) is 0 Å². The van der Waals surface area contributed by atoms with Crippen LogP contribution in [-0.2, 0) is 21.1 Å². The van der Waals surface area contributed by atoms with E-state index in [1.165, 1.54) is 11.1 Å². The van der Waals surface area contributed by atoms with E-state index < -0.39 is 9.84 Å². The number of sulfone groups is 1. The first kappa shape index (κ1) is 26.7. The summed E-state index contributed by atoms with van der Waals surface area (Å²) in [5.74, 6) is 1.29. The Labute approximate surface area is 197 Å². The molecule has 1 unspecified atom stereocenters. The van der Waals surface area contributed by atoms with Gasteiger partial charge in [-0.25, -0.2) is 8.42 Å². The fourth-order valence-corrected chi connectivity index (χ4v) is 4.97. The van der Waals surface area contributed by atoms with Crippen LogP contribution >= 0.6 is 24.0 Å². The van der Waals surface area contributed by atoms with Gasteiger partial charge < -0.3 is 16.0 Å². The number of aryl methyl sites for hydroxylation is 1. The summed E-state index contributed by atoms with van der Waals surface area (Å²) in [6.45, 7) is 5.63. The van der Waals surface area contributed by atoms with Gasteiger partial charge in [0.15, 0.2) is 15.8 Å². The first-order valence-electron chi connectivity index (χ1n) is 10.3. The highest BCUT2D eigenvalue weighted by molar-refractivity contribution is 14.0. The van der Waals surface area contributed by atoms with Crippen LogP contribution in [0.15, 0.2) is 29.3 Å². The zero-order valence-corrected chi connectivity index (χ0v) is 21.3. The number of rotatable bonds is 9. The molecule has 1 saturated heterocycles. The number of halogens is 1. The highest BCUT2D eigenvalue weighted by Crippen LogP contribution is 2.15. The van der Waals surface area contributed by atoms with Gasteiger partial charge in [0, 0.05) is 32.6 Å². The van der Waals surface area contributed by atoms with Crippen LogP contribution < -0.4 is 16.0 Å². The number of nitrogens with zero attached hydrogens (tertiary/aromatic N) is 1. The summed E-state index contributed by atoms with van der Waals surface area (Å²) in [4.78, 5) is 16.1. The lowest BCUT2D eigenvalue weighted by atomic mass is 10.0. The summed E-state index contributed by atoms with van der Waals surface area (Å²) in [7, 11) is -1.28. The number of hydrogen-bond acceptors (Lipinski definition) is 4. The molecule has 30 heavy (non-hydrogen) atoms. The van der Waals surface area contributed by atoms with Crippen molar-refractivity contribution in [2.24, 2.45) is 4.99 Å². The number of carbonyl (C=O) groups is 1. The third kappa shape index (κ3) is 9.63. The van der Waals surface area contributed by atoms with E-state index in [0.717, 1.165) is 19.4 Å². The summed E-state index contributed by atoms with van der Waals surface area (Å²) < 4.78 is 22.9. The summed E-state index contributed by atoms with van der Waals surface area (Å²) in [6, 6.07) is 8.52. The standard InChI is InChI=1S/C21H34N4O3S.HI/c1-16(2)18-8-6-17(7-9-18)5-4-12-23-21(22-3)24-13-10-20(26)25-19-11-14-29(27,28)15-19;/h6-9,16,19H,4-5,10-15H2,1-3H3,(H,25,26)(H2,22,23,24);1H. The van der Waals surface area contributed by atoms with Crippen molar-refractivity contribution in [1.29, 1.82) is 0 Å². The van der Waals surface area contributed by atoms with Crippen molar-refractivity contribution in [3.63, 3.8) is 0 Å². The van der Waals surface area contributed by atoms with Crippen molar-refractivity contribution in [1.82, 2.24) is 16.0 Å². The van der Waals surface area contributed by atoms with Crippen LogP contribution in [0.5, 0.6) is 0 Å². The van der Waals surface area contributed by atoms with Gasteiger partial charge in [-0.2, -0.15) is 0 Å². The Kier molecular flexibility index (Phi) is 11.7. The molecule has 170 valence electrons. The fraction of sp³-hybridized carbons (Fsp3) is 0.619. The molecule has 0 aromatic heterocycles. The molecule has 1 aromatic rings. The van der Waals surface area contributed by atoms with Gasteiger partial charge in [-0.15, -0.1) is 24.0 Å². The molecular formula is C21H35IN4O3S. The van der Waals surface area contributed by atoms with Crippen LogP contribution in [0.1, 0.15) is 50.2 Å². The van der Waals surface area contributed by atoms with E-state index >= 15 is 0 Å². The minimum Gasteiger partial charge on any atom is -0.356 e. The maximum atomic E-state index is 12.0. The van der Waals surface area contributed by atoms with Gasteiger partial charge in [0.05, 0.1) is 11.5 Å². The van der Waals surface area contributed by atoms with Gasteiger partial charge in [-0.05, 0) is 36.3 Å². The normalized spacial score (nSPS) is 18.0. The van der Waals surface area contributed by atoms with Crippen molar-refractivity contribution in [3.8, 4) is 0 Å². The van der Waals surface area contributed by atoms with Gasteiger partial charge in [0.2, 0.25) is 5.91 Å². The molecular weight excluding hydrogens is 515 g/mol. The van der Waals surface area contributed by atoms with Gasteiger partial charge in [0.1, 0.15) is 0 Å². The van der Waals surface area contributed by atoms with E-state index in [1.54, 1.807) is 7.05 Å². The first-order valence-corrected chi connectivity index (χ1v) is 12.1. The van der Waals surface area contributed by atoms with Crippen LogP contribution in [0.25, 0.3) is 0 Å². The zero-order valence-electron chi connectivity index (χ0n) is 18.1. The molecule has 1 amide bonds. The summed E-state index contributed by atoms with van der Waals surface area (Å²) >= 11 is 0. The van der Waals surface area contributed by atoms with Gasteiger partial charge in [-0.3, -0.25) is 9.79 Å². The number of aliphatic imine (C=N–C) groups is 1. The van der Waals surface area contributed by atoms with Crippen LogP contribution in [0, 0.1) is 0 Å². The van der Waals surface area contributed by atoms with Gasteiger partial charge in [0.25, 0.3) is 0 Å². The summed E-state index contributed by atoms with van der Waals surface area (Å²) in [5, 5.41) is 9.16. The lowest BCUT2D eigenvalue weighted by molar-refractivity contribution is -0.121. The molecule has 1 fully saturated rings. The summed E-state index contributed by atoms with van der Waals surface area (Å²) in [6.07, 6.45) is 2.76. The number of hydrogen-bond donors (Lipinski definition) is 3. The number of benzene rings is 1. The van der Waals surface area contributed by atoms with Crippen LogP contribution in [0.2, 0.25) is 0 Å². The Bertz CT molecular complexity index is 795. The van der Waals surface area contributed by atoms with E-state index in [2.05, 4.69) is 59.1 Å². The topological polar surface area (TPSA) is 99.7 Å². The molecule has 1 aromatic carbocycles. The van der Waals surface area contributed by atoms with Crippen molar-refractivity contribution < 1.29 is 13.2 Å². The Balaban J connectivity index is 0.00000450.